The van der Waals surface area contributed by atoms with Crippen molar-refractivity contribution < 1.29 is 4.39 Å². The lowest BCUT2D eigenvalue weighted by Crippen LogP contribution is -2.01. The first-order valence-corrected chi connectivity index (χ1v) is 4.19. The number of alkyl halides is 1. The van der Waals surface area contributed by atoms with Crippen molar-refractivity contribution in [3.8, 4) is 0 Å². The van der Waals surface area contributed by atoms with E-state index in [1.165, 1.54) is 0 Å². The minimum Gasteiger partial charge on any atom is -0.247 e. The highest BCUT2D eigenvalue weighted by molar-refractivity contribution is 4.98. The van der Waals surface area contributed by atoms with E-state index >= 15 is 0 Å². The summed E-state index contributed by atoms with van der Waals surface area (Å²) in [6, 6.07) is 0. The summed E-state index contributed by atoms with van der Waals surface area (Å²) in [5.41, 5.74) is 0. The first-order chi connectivity index (χ1) is 4.55. The second kappa shape index (κ2) is 2.52. The molecule has 0 spiro atoms. The predicted molar refractivity (Wildman–Crippen MR) is 41.6 cm³/mol. The summed E-state index contributed by atoms with van der Waals surface area (Å²) in [5, 5.41) is 0. The number of halogens is 1. The van der Waals surface area contributed by atoms with Gasteiger partial charge in [0, 0.05) is 0 Å². The van der Waals surface area contributed by atoms with Gasteiger partial charge in [-0.2, -0.15) is 0 Å². The lowest BCUT2D eigenvalue weighted by atomic mass is 10.1. The van der Waals surface area contributed by atoms with Crippen LogP contribution in [-0.4, -0.2) is 6.17 Å². The Labute approximate surface area is 62.8 Å². The number of rotatable bonds is 2. The van der Waals surface area contributed by atoms with Gasteiger partial charge in [-0.1, -0.05) is 20.8 Å². The second-order valence-electron chi connectivity index (χ2n) is 3.94. The molecule has 0 saturated heterocycles. The van der Waals surface area contributed by atoms with E-state index < -0.39 is 6.17 Å². The van der Waals surface area contributed by atoms with E-state index in [-0.39, 0.29) is 0 Å². The summed E-state index contributed by atoms with van der Waals surface area (Å²) in [5.74, 6) is 2.30. The Kier molecular flexibility index (Phi) is 2.02. The van der Waals surface area contributed by atoms with Crippen molar-refractivity contribution in [1.82, 2.24) is 0 Å². The van der Waals surface area contributed by atoms with Crippen molar-refractivity contribution in [1.29, 1.82) is 0 Å². The second-order valence-corrected chi connectivity index (χ2v) is 3.94. The molecular weight excluding hydrogens is 127 g/mol. The van der Waals surface area contributed by atoms with Crippen LogP contribution >= 0.6 is 0 Å². The average Bonchev–Trinajstić information content (AvgIpc) is 2.40. The van der Waals surface area contributed by atoms with Gasteiger partial charge < -0.3 is 0 Å². The lowest BCUT2D eigenvalue weighted by Gasteiger charge is -2.02. The molecule has 4 atom stereocenters. The van der Waals surface area contributed by atoms with Crippen molar-refractivity contribution >= 4 is 0 Å². The Morgan fingerprint density at radius 2 is 1.60 bits per heavy atom. The molecule has 0 aliphatic heterocycles. The monoisotopic (exact) mass is 144 g/mol. The standard InChI is InChI=1S/C9H17F/c1-5(2)8-6(3)9(8)7(4)10/h5-9H,1-4H3. The molecule has 0 aromatic heterocycles. The van der Waals surface area contributed by atoms with E-state index in [9.17, 15) is 4.39 Å². The molecule has 0 nitrogen and oxygen atoms in total. The zero-order valence-corrected chi connectivity index (χ0v) is 7.26. The zero-order chi connectivity index (χ0) is 7.89. The van der Waals surface area contributed by atoms with Gasteiger partial charge >= 0.3 is 0 Å². The van der Waals surface area contributed by atoms with Crippen molar-refractivity contribution in [2.45, 2.75) is 33.9 Å². The molecule has 0 aromatic carbocycles. The third-order valence-corrected chi connectivity index (χ3v) is 2.82. The van der Waals surface area contributed by atoms with Crippen LogP contribution in [-0.2, 0) is 0 Å². The summed E-state index contributed by atoms with van der Waals surface area (Å²) < 4.78 is 12.7. The van der Waals surface area contributed by atoms with E-state index in [0.717, 1.165) is 0 Å². The zero-order valence-electron chi connectivity index (χ0n) is 7.26. The van der Waals surface area contributed by atoms with Gasteiger partial charge in [0.2, 0.25) is 0 Å². The maximum absolute atomic E-state index is 12.7. The molecule has 0 amide bonds. The first kappa shape index (κ1) is 8.03. The van der Waals surface area contributed by atoms with Crippen LogP contribution in [0, 0.1) is 23.7 Å². The van der Waals surface area contributed by atoms with Gasteiger partial charge in [-0.05, 0) is 30.6 Å². The van der Waals surface area contributed by atoms with Crippen LogP contribution in [0.5, 0.6) is 0 Å². The maximum Gasteiger partial charge on any atom is 0.101 e. The van der Waals surface area contributed by atoms with E-state index in [4.69, 9.17) is 0 Å². The van der Waals surface area contributed by atoms with E-state index in [0.29, 0.717) is 23.7 Å². The molecule has 1 aliphatic carbocycles. The lowest BCUT2D eigenvalue weighted by molar-refractivity contribution is 0.295. The largest absolute Gasteiger partial charge is 0.247 e. The molecule has 0 radical (unpaired) electrons. The number of hydrogen-bond donors (Lipinski definition) is 0. The van der Waals surface area contributed by atoms with Crippen LogP contribution in [0.25, 0.3) is 0 Å². The molecule has 1 saturated carbocycles. The summed E-state index contributed by atoms with van der Waals surface area (Å²) in [4.78, 5) is 0. The molecule has 4 unspecified atom stereocenters. The minimum absolute atomic E-state index is 0.361. The van der Waals surface area contributed by atoms with Crippen LogP contribution in [0.2, 0.25) is 0 Å². The van der Waals surface area contributed by atoms with Crippen molar-refractivity contribution in [3.63, 3.8) is 0 Å². The third kappa shape index (κ3) is 1.18. The summed E-state index contributed by atoms with van der Waals surface area (Å²) in [6.45, 7) is 8.21. The Bertz CT molecular complexity index is 104. The van der Waals surface area contributed by atoms with Gasteiger partial charge in [-0.3, -0.25) is 0 Å². The molecule has 0 heterocycles. The Morgan fingerprint density at radius 1 is 1.10 bits per heavy atom. The van der Waals surface area contributed by atoms with Gasteiger partial charge in [-0.25, -0.2) is 4.39 Å². The normalized spacial score (nSPS) is 42.0. The molecule has 1 heteroatoms. The molecule has 0 N–H and O–H groups in total. The molecule has 1 aliphatic rings. The van der Waals surface area contributed by atoms with Crippen LogP contribution in [0.1, 0.15) is 27.7 Å². The quantitative estimate of drug-likeness (QED) is 0.559. The Hall–Kier alpha value is -0.0700. The molecular formula is C9H17F. The van der Waals surface area contributed by atoms with E-state index in [1.54, 1.807) is 6.92 Å². The molecule has 0 bridgehead atoms. The van der Waals surface area contributed by atoms with E-state index in [1.807, 2.05) is 0 Å². The Morgan fingerprint density at radius 3 is 1.70 bits per heavy atom. The summed E-state index contributed by atoms with van der Waals surface area (Å²) >= 11 is 0. The van der Waals surface area contributed by atoms with Gasteiger partial charge in [0.25, 0.3) is 0 Å². The molecule has 0 aromatic rings. The van der Waals surface area contributed by atoms with Gasteiger partial charge in [-0.15, -0.1) is 0 Å². The SMILES string of the molecule is CC(C)C1C(C)C1C(C)F. The number of hydrogen-bond acceptors (Lipinski definition) is 0. The fraction of sp³-hybridized carbons (Fsp3) is 1.00. The molecule has 10 heavy (non-hydrogen) atoms. The highest BCUT2D eigenvalue weighted by Gasteiger charge is 2.51. The van der Waals surface area contributed by atoms with Gasteiger partial charge in [0.05, 0.1) is 0 Å². The topological polar surface area (TPSA) is 0 Å². The van der Waals surface area contributed by atoms with Gasteiger partial charge in [0.1, 0.15) is 6.17 Å². The minimum atomic E-state index is -0.595. The fourth-order valence-corrected chi connectivity index (χ4v) is 2.30. The molecule has 1 fully saturated rings. The van der Waals surface area contributed by atoms with Crippen LogP contribution in [0.4, 0.5) is 4.39 Å². The van der Waals surface area contributed by atoms with Crippen molar-refractivity contribution in [2.75, 3.05) is 0 Å². The smallest absolute Gasteiger partial charge is 0.101 e. The predicted octanol–water partition coefficient (Wildman–Crippen LogP) is 2.88. The fourth-order valence-electron chi connectivity index (χ4n) is 2.30. The average molecular weight is 144 g/mol. The van der Waals surface area contributed by atoms with Crippen LogP contribution in [0.15, 0.2) is 0 Å². The third-order valence-electron chi connectivity index (χ3n) is 2.82. The van der Waals surface area contributed by atoms with Crippen molar-refractivity contribution in [2.24, 2.45) is 23.7 Å². The summed E-state index contributed by atoms with van der Waals surface area (Å²) in [7, 11) is 0. The molecule has 60 valence electrons. The van der Waals surface area contributed by atoms with E-state index in [2.05, 4.69) is 20.8 Å². The maximum atomic E-state index is 12.7. The first-order valence-electron chi connectivity index (χ1n) is 4.19. The Balaban J connectivity index is 2.41. The summed E-state index contributed by atoms with van der Waals surface area (Å²) in [6.07, 6.45) is -0.595. The highest BCUT2D eigenvalue weighted by atomic mass is 19.1. The van der Waals surface area contributed by atoms with Crippen molar-refractivity contribution in [3.05, 3.63) is 0 Å². The van der Waals surface area contributed by atoms with Gasteiger partial charge in [0.15, 0.2) is 0 Å². The van der Waals surface area contributed by atoms with Crippen LogP contribution < -0.4 is 0 Å². The molecule has 1 rings (SSSR count). The van der Waals surface area contributed by atoms with Crippen LogP contribution in [0.3, 0.4) is 0 Å². The highest BCUT2D eigenvalue weighted by Crippen LogP contribution is 2.53.